The summed E-state index contributed by atoms with van der Waals surface area (Å²) in [4.78, 5) is 19.8. The SMILES string of the molecule is Cc1cc(Cl)cc2sc(N(Cc3ccccc3)C(=O)c3cc(Cl)ccc3Cl)nc12. The van der Waals surface area contributed by atoms with Gasteiger partial charge >= 0.3 is 0 Å². The van der Waals surface area contributed by atoms with Gasteiger partial charge in [0.05, 0.1) is 27.3 Å². The molecule has 0 bridgehead atoms. The van der Waals surface area contributed by atoms with E-state index < -0.39 is 0 Å². The van der Waals surface area contributed by atoms with Gasteiger partial charge in [-0.05, 0) is 48.4 Å². The molecule has 1 heterocycles. The lowest BCUT2D eigenvalue weighted by molar-refractivity contribution is 0.0985. The van der Waals surface area contributed by atoms with Gasteiger partial charge in [0.25, 0.3) is 5.91 Å². The Morgan fingerprint density at radius 1 is 1.00 bits per heavy atom. The van der Waals surface area contributed by atoms with Gasteiger partial charge in [0.15, 0.2) is 5.13 Å². The Morgan fingerprint density at radius 2 is 1.76 bits per heavy atom. The standard InChI is InChI=1S/C22H15Cl3N2OS/c1-13-9-16(24)11-19-20(13)26-22(29-19)27(12-14-5-3-2-4-6-14)21(28)17-10-15(23)7-8-18(17)25/h2-11H,12H2,1H3. The fraction of sp³-hybridized carbons (Fsp3) is 0.0909. The van der Waals surface area contributed by atoms with Crippen molar-refractivity contribution in [1.29, 1.82) is 0 Å². The fourth-order valence-electron chi connectivity index (χ4n) is 3.06. The molecule has 0 aliphatic rings. The van der Waals surface area contributed by atoms with Crippen LogP contribution in [0.25, 0.3) is 10.2 Å². The van der Waals surface area contributed by atoms with Gasteiger partial charge in [0.1, 0.15) is 0 Å². The number of benzene rings is 3. The molecule has 29 heavy (non-hydrogen) atoms. The molecule has 0 spiro atoms. The van der Waals surface area contributed by atoms with E-state index in [9.17, 15) is 4.79 Å². The first-order valence-electron chi connectivity index (χ1n) is 8.80. The van der Waals surface area contributed by atoms with Crippen molar-refractivity contribution in [2.75, 3.05) is 4.90 Å². The Hall–Kier alpha value is -2.11. The third-order valence-electron chi connectivity index (χ3n) is 4.46. The van der Waals surface area contributed by atoms with E-state index >= 15 is 0 Å². The molecule has 3 nitrogen and oxygen atoms in total. The summed E-state index contributed by atoms with van der Waals surface area (Å²) < 4.78 is 0.924. The summed E-state index contributed by atoms with van der Waals surface area (Å²) in [5.41, 5.74) is 3.11. The zero-order valence-corrected chi connectivity index (χ0v) is 18.4. The fourth-order valence-corrected chi connectivity index (χ4v) is 4.85. The number of halogens is 3. The summed E-state index contributed by atoms with van der Waals surface area (Å²) in [7, 11) is 0. The second-order valence-electron chi connectivity index (χ2n) is 6.57. The Labute approximate surface area is 187 Å². The number of aryl methyl sites for hydroxylation is 1. The number of thiazole rings is 1. The normalized spacial score (nSPS) is 11.0. The van der Waals surface area contributed by atoms with Crippen molar-refractivity contribution < 1.29 is 4.79 Å². The van der Waals surface area contributed by atoms with Crippen molar-refractivity contribution in [1.82, 2.24) is 4.98 Å². The predicted molar refractivity (Wildman–Crippen MR) is 123 cm³/mol. The van der Waals surface area contributed by atoms with E-state index in [0.29, 0.717) is 32.3 Å². The summed E-state index contributed by atoms with van der Waals surface area (Å²) in [6, 6.07) is 18.3. The van der Waals surface area contributed by atoms with Crippen LogP contribution in [0.1, 0.15) is 21.5 Å². The van der Waals surface area contributed by atoms with Crippen LogP contribution < -0.4 is 4.90 Å². The van der Waals surface area contributed by atoms with Gasteiger partial charge in [-0.15, -0.1) is 0 Å². The van der Waals surface area contributed by atoms with E-state index in [4.69, 9.17) is 39.8 Å². The van der Waals surface area contributed by atoms with Crippen molar-refractivity contribution in [3.63, 3.8) is 0 Å². The summed E-state index contributed by atoms with van der Waals surface area (Å²) in [6.07, 6.45) is 0. The van der Waals surface area contributed by atoms with E-state index in [2.05, 4.69) is 0 Å². The third kappa shape index (κ3) is 4.26. The van der Waals surface area contributed by atoms with Crippen molar-refractivity contribution in [3.05, 3.63) is 92.4 Å². The number of anilines is 1. The van der Waals surface area contributed by atoms with E-state index in [1.165, 1.54) is 11.3 Å². The smallest absolute Gasteiger partial charge is 0.261 e. The summed E-state index contributed by atoms with van der Waals surface area (Å²) in [5, 5.41) is 2.02. The highest BCUT2D eigenvalue weighted by Crippen LogP contribution is 2.35. The highest BCUT2D eigenvalue weighted by atomic mass is 35.5. The predicted octanol–water partition coefficient (Wildman–Crippen LogP) is 7.41. The van der Waals surface area contributed by atoms with Gasteiger partial charge in [0.2, 0.25) is 0 Å². The molecule has 146 valence electrons. The summed E-state index contributed by atoms with van der Waals surface area (Å²) in [5.74, 6) is -0.260. The lowest BCUT2D eigenvalue weighted by Gasteiger charge is -2.21. The molecule has 1 amide bonds. The molecule has 3 aromatic carbocycles. The van der Waals surface area contributed by atoms with Gasteiger partial charge in [-0.3, -0.25) is 9.69 Å². The van der Waals surface area contributed by atoms with Crippen LogP contribution in [0.3, 0.4) is 0 Å². The highest BCUT2D eigenvalue weighted by Gasteiger charge is 2.24. The number of nitrogens with zero attached hydrogens (tertiary/aromatic N) is 2. The first-order chi connectivity index (χ1) is 13.9. The van der Waals surface area contributed by atoms with Crippen LogP contribution in [-0.4, -0.2) is 10.9 Å². The molecule has 0 saturated carbocycles. The second kappa shape index (κ2) is 8.33. The minimum atomic E-state index is -0.260. The van der Waals surface area contributed by atoms with Crippen molar-refractivity contribution >= 4 is 67.4 Å². The number of fused-ring (bicyclic) bond motifs is 1. The third-order valence-corrected chi connectivity index (χ3v) is 6.27. The summed E-state index contributed by atoms with van der Waals surface area (Å²) >= 11 is 20.1. The molecule has 0 N–H and O–H groups in total. The average molecular weight is 462 g/mol. The van der Waals surface area contributed by atoms with E-state index in [-0.39, 0.29) is 5.91 Å². The molecule has 4 aromatic rings. The Morgan fingerprint density at radius 3 is 2.52 bits per heavy atom. The zero-order chi connectivity index (χ0) is 20.5. The molecule has 0 aliphatic carbocycles. The largest absolute Gasteiger partial charge is 0.279 e. The number of carbonyl (C=O) groups excluding carboxylic acids is 1. The van der Waals surface area contributed by atoms with Gasteiger partial charge in [0, 0.05) is 10.0 Å². The van der Waals surface area contributed by atoms with Gasteiger partial charge in [-0.25, -0.2) is 4.98 Å². The molecule has 0 fully saturated rings. The minimum Gasteiger partial charge on any atom is -0.279 e. The maximum absolute atomic E-state index is 13.5. The Kier molecular flexibility index (Phi) is 5.79. The number of hydrogen-bond donors (Lipinski definition) is 0. The highest BCUT2D eigenvalue weighted by molar-refractivity contribution is 7.22. The Balaban J connectivity index is 1.83. The molecular formula is C22H15Cl3N2OS. The molecule has 1 aromatic heterocycles. The second-order valence-corrected chi connectivity index (χ2v) is 8.86. The van der Waals surface area contributed by atoms with E-state index in [1.807, 2.05) is 49.4 Å². The maximum Gasteiger partial charge on any atom is 0.261 e. The zero-order valence-electron chi connectivity index (χ0n) is 15.3. The number of carbonyl (C=O) groups is 1. The van der Waals surface area contributed by atoms with Gasteiger partial charge < -0.3 is 0 Å². The topological polar surface area (TPSA) is 33.2 Å². The molecular weight excluding hydrogens is 447 g/mol. The molecule has 0 unspecified atom stereocenters. The molecule has 0 aliphatic heterocycles. The molecule has 0 radical (unpaired) electrons. The number of hydrogen-bond acceptors (Lipinski definition) is 3. The first kappa shape index (κ1) is 20.2. The molecule has 0 atom stereocenters. The maximum atomic E-state index is 13.5. The lowest BCUT2D eigenvalue weighted by Crippen LogP contribution is -2.30. The monoisotopic (exact) mass is 460 g/mol. The number of rotatable bonds is 4. The average Bonchev–Trinajstić information content (AvgIpc) is 3.12. The van der Waals surface area contributed by atoms with Crippen LogP contribution in [0.15, 0.2) is 60.7 Å². The first-order valence-corrected chi connectivity index (χ1v) is 10.7. The molecule has 7 heteroatoms. The number of amides is 1. The van der Waals surface area contributed by atoms with E-state index in [1.54, 1.807) is 23.1 Å². The number of aromatic nitrogens is 1. The van der Waals surface area contributed by atoms with Crippen LogP contribution >= 0.6 is 46.1 Å². The van der Waals surface area contributed by atoms with Gasteiger partial charge in [-0.1, -0.05) is 76.5 Å². The van der Waals surface area contributed by atoms with Crippen LogP contribution in [0.5, 0.6) is 0 Å². The molecule has 4 rings (SSSR count). The van der Waals surface area contributed by atoms with Crippen LogP contribution in [0, 0.1) is 6.92 Å². The minimum absolute atomic E-state index is 0.260. The van der Waals surface area contributed by atoms with Crippen LogP contribution in [-0.2, 0) is 6.54 Å². The van der Waals surface area contributed by atoms with Crippen molar-refractivity contribution in [2.24, 2.45) is 0 Å². The van der Waals surface area contributed by atoms with Crippen LogP contribution in [0.4, 0.5) is 5.13 Å². The van der Waals surface area contributed by atoms with Crippen LogP contribution in [0.2, 0.25) is 15.1 Å². The molecule has 0 saturated heterocycles. The van der Waals surface area contributed by atoms with Gasteiger partial charge in [-0.2, -0.15) is 0 Å². The Bertz CT molecular complexity index is 1210. The van der Waals surface area contributed by atoms with E-state index in [0.717, 1.165) is 21.3 Å². The lowest BCUT2D eigenvalue weighted by atomic mass is 10.1. The summed E-state index contributed by atoms with van der Waals surface area (Å²) in [6.45, 7) is 2.31. The van der Waals surface area contributed by atoms with Crippen molar-refractivity contribution in [3.8, 4) is 0 Å². The van der Waals surface area contributed by atoms with Crippen molar-refractivity contribution in [2.45, 2.75) is 13.5 Å². The quantitative estimate of drug-likeness (QED) is 0.317.